The van der Waals surface area contributed by atoms with Crippen molar-refractivity contribution in [3.05, 3.63) is 35.4 Å². The van der Waals surface area contributed by atoms with Crippen molar-refractivity contribution in [3.8, 4) is 0 Å². The van der Waals surface area contributed by atoms with Crippen LogP contribution in [0.4, 0.5) is 0 Å². The molecule has 2 fully saturated rings. The number of likely N-dealkylation sites (tertiary alicyclic amines) is 1. The van der Waals surface area contributed by atoms with Crippen molar-refractivity contribution in [2.75, 3.05) is 20.1 Å². The van der Waals surface area contributed by atoms with E-state index in [0.29, 0.717) is 19.1 Å². The molecular weight excluding hydrogens is 376 g/mol. The zero-order valence-electron chi connectivity index (χ0n) is 18.8. The van der Waals surface area contributed by atoms with Gasteiger partial charge in [0.1, 0.15) is 0 Å². The first-order valence-corrected chi connectivity index (χ1v) is 11.5. The highest BCUT2D eigenvalue weighted by atomic mass is 16.5. The number of nitrogens with zero attached hydrogens (tertiary/aromatic N) is 2. The number of benzene rings is 1. The molecule has 1 saturated heterocycles. The number of hydrogen-bond acceptors (Lipinski definition) is 3. The Hall–Kier alpha value is -2.08. The van der Waals surface area contributed by atoms with E-state index in [0.717, 1.165) is 38.3 Å². The predicted octanol–water partition coefficient (Wildman–Crippen LogP) is 3.46. The second-order valence-corrected chi connectivity index (χ2v) is 8.85. The Bertz CT molecular complexity index is 696. The summed E-state index contributed by atoms with van der Waals surface area (Å²) in [6.07, 6.45) is 7.04. The third-order valence-corrected chi connectivity index (χ3v) is 6.09. The molecule has 2 aliphatic rings. The van der Waals surface area contributed by atoms with Gasteiger partial charge in [-0.1, -0.05) is 43.5 Å². The van der Waals surface area contributed by atoms with Gasteiger partial charge < -0.3 is 20.3 Å². The summed E-state index contributed by atoms with van der Waals surface area (Å²) >= 11 is 0. The fourth-order valence-corrected chi connectivity index (χ4v) is 4.28. The SMILES string of the molecule is CN=C(NCc1ccc(COC(C)C)cc1)NC1CCN(C(=O)C2CCCCC2)C1. The molecule has 6 heteroatoms. The van der Waals surface area contributed by atoms with E-state index in [9.17, 15) is 4.79 Å². The van der Waals surface area contributed by atoms with Gasteiger partial charge in [-0.3, -0.25) is 9.79 Å². The Morgan fingerprint density at radius 2 is 1.83 bits per heavy atom. The molecule has 1 aromatic carbocycles. The van der Waals surface area contributed by atoms with Crippen LogP contribution in [0.25, 0.3) is 0 Å². The third-order valence-electron chi connectivity index (χ3n) is 6.09. The quantitative estimate of drug-likeness (QED) is 0.530. The van der Waals surface area contributed by atoms with E-state index in [1.165, 1.54) is 30.4 Å². The normalized spacial score (nSPS) is 20.6. The maximum Gasteiger partial charge on any atom is 0.225 e. The van der Waals surface area contributed by atoms with Crippen molar-refractivity contribution in [2.45, 2.75) is 77.7 Å². The van der Waals surface area contributed by atoms with Crippen LogP contribution in [-0.4, -0.2) is 49.0 Å². The standard InChI is InChI=1S/C24H38N4O2/c1-18(2)30-17-20-11-9-19(10-12-20)15-26-24(25-3)27-22-13-14-28(16-22)23(29)21-7-5-4-6-8-21/h9-12,18,21-22H,4-8,13-17H2,1-3H3,(H2,25,26,27). The lowest BCUT2D eigenvalue weighted by Crippen LogP contribution is -2.45. The molecule has 30 heavy (non-hydrogen) atoms. The molecule has 0 radical (unpaired) electrons. The molecule has 1 aliphatic heterocycles. The smallest absolute Gasteiger partial charge is 0.225 e. The van der Waals surface area contributed by atoms with Gasteiger partial charge in [0.05, 0.1) is 12.7 Å². The van der Waals surface area contributed by atoms with Crippen LogP contribution < -0.4 is 10.6 Å². The van der Waals surface area contributed by atoms with Gasteiger partial charge in [-0.2, -0.15) is 0 Å². The summed E-state index contributed by atoms with van der Waals surface area (Å²) in [7, 11) is 1.79. The van der Waals surface area contributed by atoms with Crippen molar-refractivity contribution < 1.29 is 9.53 Å². The van der Waals surface area contributed by atoms with Crippen LogP contribution in [0.1, 0.15) is 63.5 Å². The first-order valence-electron chi connectivity index (χ1n) is 11.5. The zero-order valence-corrected chi connectivity index (χ0v) is 18.8. The highest BCUT2D eigenvalue weighted by molar-refractivity contribution is 5.81. The molecule has 2 N–H and O–H groups in total. The zero-order chi connectivity index (χ0) is 21.3. The number of aliphatic imine (C=N–C) groups is 1. The molecule has 3 rings (SSSR count). The molecular formula is C24H38N4O2. The predicted molar refractivity (Wildman–Crippen MR) is 121 cm³/mol. The number of guanidine groups is 1. The molecule has 1 aromatic rings. The fourth-order valence-electron chi connectivity index (χ4n) is 4.28. The molecule has 1 saturated carbocycles. The minimum Gasteiger partial charge on any atom is -0.374 e. The van der Waals surface area contributed by atoms with E-state index < -0.39 is 0 Å². The number of amides is 1. The van der Waals surface area contributed by atoms with Gasteiger partial charge in [0.25, 0.3) is 0 Å². The summed E-state index contributed by atoms with van der Waals surface area (Å²) in [5, 5.41) is 6.89. The maximum atomic E-state index is 12.8. The topological polar surface area (TPSA) is 66.0 Å². The molecule has 0 bridgehead atoms. The van der Waals surface area contributed by atoms with Crippen molar-refractivity contribution in [2.24, 2.45) is 10.9 Å². The lowest BCUT2D eigenvalue weighted by Gasteiger charge is -2.26. The van der Waals surface area contributed by atoms with E-state index in [2.05, 4.69) is 44.8 Å². The van der Waals surface area contributed by atoms with Crippen LogP contribution in [0.5, 0.6) is 0 Å². The summed E-state index contributed by atoms with van der Waals surface area (Å²) in [4.78, 5) is 19.2. The van der Waals surface area contributed by atoms with Crippen LogP contribution in [0.3, 0.4) is 0 Å². The van der Waals surface area contributed by atoms with Gasteiger partial charge in [-0.25, -0.2) is 0 Å². The van der Waals surface area contributed by atoms with Crippen molar-refractivity contribution >= 4 is 11.9 Å². The van der Waals surface area contributed by atoms with Crippen LogP contribution in [0.2, 0.25) is 0 Å². The van der Waals surface area contributed by atoms with E-state index >= 15 is 0 Å². The summed E-state index contributed by atoms with van der Waals surface area (Å²) in [5.74, 6) is 1.41. The molecule has 6 nitrogen and oxygen atoms in total. The number of hydrogen-bond donors (Lipinski definition) is 2. The minimum atomic E-state index is 0.241. The van der Waals surface area contributed by atoms with E-state index in [1.54, 1.807) is 7.05 Å². The third kappa shape index (κ3) is 6.73. The molecule has 1 aliphatic carbocycles. The molecule has 1 amide bonds. The summed E-state index contributed by atoms with van der Waals surface area (Å²) in [5.41, 5.74) is 2.38. The maximum absolute atomic E-state index is 12.8. The van der Waals surface area contributed by atoms with Crippen LogP contribution in [0.15, 0.2) is 29.3 Å². The van der Waals surface area contributed by atoms with Gasteiger partial charge in [-0.15, -0.1) is 0 Å². The summed E-state index contributed by atoms with van der Waals surface area (Å²) in [6, 6.07) is 8.74. The highest BCUT2D eigenvalue weighted by Crippen LogP contribution is 2.26. The van der Waals surface area contributed by atoms with E-state index in [1.807, 2.05) is 13.8 Å². The van der Waals surface area contributed by atoms with Crippen LogP contribution in [-0.2, 0) is 22.7 Å². The number of nitrogens with one attached hydrogen (secondary N) is 2. The Balaban J connectivity index is 1.42. The second kappa shape index (κ2) is 11.3. The lowest BCUT2D eigenvalue weighted by molar-refractivity contribution is -0.135. The number of carbonyl (C=O) groups is 1. The van der Waals surface area contributed by atoms with Crippen molar-refractivity contribution in [1.29, 1.82) is 0 Å². The number of ether oxygens (including phenoxy) is 1. The summed E-state index contributed by atoms with van der Waals surface area (Å²) < 4.78 is 5.65. The van der Waals surface area contributed by atoms with E-state index in [-0.39, 0.29) is 18.1 Å². The fraction of sp³-hybridized carbons (Fsp3) is 0.667. The molecule has 166 valence electrons. The monoisotopic (exact) mass is 414 g/mol. The molecule has 1 atom stereocenters. The minimum absolute atomic E-state index is 0.241. The lowest BCUT2D eigenvalue weighted by atomic mass is 9.88. The van der Waals surface area contributed by atoms with Gasteiger partial charge in [0.15, 0.2) is 5.96 Å². The van der Waals surface area contributed by atoms with Gasteiger partial charge in [0.2, 0.25) is 5.91 Å². The van der Waals surface area contributed by atoms with Crippen LogP contribution >= 0.6 is 0 Å². The van der Waals surface area contributed by atoms with E-state index in [4.69, 9.17) is 4.74 Å². The number of carbonyl (C=O) groups excluding carboxylic acids is 1. The average Bonchev–Trinajstić information content (AvgIpc) is 3.24. The van der Waals surface area contributed by atoms with Gasteiger partial charge >= 0.3 is 0 Å². The van der Waals surface area contributed by atoms with Gasteiger partial charge in [0, 0.05) is 38.6 Å². The Morgan fingerprint density at radius 1 is 1.13 bits per heavy atom. The van der Waals surface area contributed by atoms with Crippen molar-refractivity contribution in [1.82, 2.24) is 15.5 Å². The largest absolute Gasteiger partial charge is 0.374 e. The number of rotatable bonds is 7. The van der Waals surface area contributed by atoms with Crippen LogP contribution in [0, 0.1) is 5.92 Å². The Labute approximate surface area is 181 Å². The molecule has 0 spiro atoms. The molecule has 0 aromatic heterocycles. The second-order valence-electron chi connectivity index (χ2n) is 8.85. The molecule has 1 heterocycles. The van der Waals surface area contributed by atoms with Gasteiger partial charge in [-0.05, 0) is 44.2 Å². The first kappa shape index (κ1) is 22.6. The first-order chi connectivity index (χ1) is 14.5. The average molecular weight is 415 g/mol. The highest BCUT2D eigenvalue weighted by Gasteiger charge is 2.31. The Morgan fingerprint density at radius 3 is 2.50 bits per heavy atom. The molecule has 1 unspecified atom stereocenters. The van der Waals surface area contributed by atoms with Crippen molar-refractivity contribution in [3.63, 3.8) is 0 Å². The Kier molecular flexibility index (Phi) is 8.55. The summed E-state index contributed by atoms with van der Waals surface area (Å²) in [6.45, 7) is 7.08.